The van der Waals surface area contributed by atoms with E-state index in [2.05, 4.69) is 34.4 Å². The van der Waals surface area contributed by atoms with Crippen molar-refractivity contribution in [3.63, 3.8) is 0 Å². The van der Waals surface area contributed by atoms with Gasteiger partial charge in [-0.2, -0.15) is 0 Å². The lowest BCUT2D eigenvalue weighted by molar-refractivity contribution is -0.131. The lowest BCUT2D eigenvalue weighted by Crippen LogP contribution is -2.55. The number of carbonyl (C=O) groups is 8. The molecule has 3 aliphatic rings. The first kappa shape index (κ1) is 72.3. The maximum Gasteiger partial charge on any atom is 0.256 e. The quantitative estimate of drug-likeness (QED) is 0.0268. The Bertz CT molecular complexity index is 2760. The van der Waals surface area contributed by atoms with Crippen LogP contribution in [0.5, 0.6) is 23.0 Å². The summed E-state index contributed by atoms with van der Waals surface area (Å²) in [6, 6.07) is 2.92. The largest absolute Gasteiger partial charge is 0.493 e. The normalized spacial score (nSPS) is 17.0. The molecule has 2 aromatic rings. The fraction of sp³-hybridized carbons (Fsp3) is 0.613. The predicted molar refractivity (Wildman–Crippen MR) is 330 cm³/mol. The minimum absolute atomic E-state index is 0.0171. The Balaban J connectivity index is 1.13. The van der Waals surface area contributed by atoms with E-state index in [0.29, 0.717) is 89.6 Å². The molecule has 5 rings (SSSR count). The number of methoxy groups -OCH3 is 2. The summed E-state index contributed by atoms with van der Waals surface area (Å²) < 4.78 is 45.0. The Labute approximate surface area is 521 Å². The van der Waals surface area contributed by atoms with Crippen LogP contribution in [0.4, 0.5) is 11.4 Å². The van der Waals surface area contributed by atoms with Gasteiger partial charge in [0.15, 0.2) is 35.0 Å². The third-order valence-corrected chi connectivity index (χ3v) is 15.1. The molecule has 89 heavy (non-hydrogen) atoms. The first-order valence-electron chi connectivity index (χ1n) is 30.4. The highest BCUT2D eigenvalue weighted by Crippen LogP contribution is 2.42. The summed E-state index contributed by atoms with van der Waals surface area (Å²) in [6.45, 7) is 18.3. The minimum atomic E-state index is -1.54. The Morgan fingerprint density at radius 1 is 0.640 bits per heavy atom. The van der Waals surface area contributed by atoms with Gasteiger partial charge in [-0.25, -0.2) is 0 Å². The zero-order valence-electron chi connectivity index (χ0n) is 52.5. The number of nitrogens with zero attached hydrogens (tertiary/aromatic N) is 3. The number of likely N-dealkylation sites (tertiary alicyclic amines) is 1. The van der Waals surface area contributed by atoms with Crippen molar-refractivity contribution < 1.29 is 81.4 Å². The molecular weight excluding hydrogens is 1160 g/mol. The van der Waals surface area contributed by atoms with Gasteiger partial charge in [0, 0.05) is 69.3 Å². The molecule has 0 aliphatic carbocycles. The maximum absolute atomic E-state index is 14.3. The molecule has 0 saturated carbocycles. The molecule has 2 aromatic carbocycles. The highest BCUT2D eigenvalue weighted by molar-refractivity contribution is 6.08. The summed E-state index contributed by atoms with van der Waals surface area (Å²) in [6.07, 6.45) is 1.28. The van der Waals surface area contributed by atoms with Crippen LogP contribution in [-0.4, -0.2) is 212 Å². The van der Waals surface area contributed by atoms with E-state index in [9.17, 15) is 43.5 Å². The van der Waals surface area contributed by atoms with E-state index in [1.165, 1.54) is 43.4 Å². The monoisotopic (exact) mass is 1250 g/mol. The van der Waals surface area contributed by atoms with E-state index >= 15 is 0 Å². The molecule has 3 heterocycles. The van der Waals surface area contributed by atoms with E-state index < -0.39 is 60.4 Å². The summed E-state index contributed by atoms with van der Waals surface area (Å²) in [5, 5.41) is 22.6. The minimum Gasteiger partial charge on any atom is -0.493 e. The van der Waals surface area contributed by atoms with E-state index in [1.807, 2.05) is 0 Å². The molecule has 0 bridgehead atoms. The number of benzene rings is 2. The molecule has 0 radical (unpaired) electrons. The van der Waals surface area contributed by atoms with Crippen LogP contribution in [-0.2, 0) is 47.7 Å². The van der Waals surface area contributed by atoms with Gasteiger partial charge in [0.05, 0.1) is 116 Å². The average molecular weight is 1250 g/mol. The number of hydrogen-bond acceptors (Lipinski definition) is 20. The molecule has 7 amide bonds. The number of amides is 7. The van der Waals surface area contributed by atoms with Crippen LogP contribution in [0.25, 0.3) is 0 Å². The second kappa shape index (κ2) is 36.9. The third kappa shape index (κ3) is 21.7. The van der Waals surface area contributed by atoms with Gasteiger partial charge in [0.25, 0.3) is 11.8 Å². The zero-order chi connectivity index (χ0) is 65.2. The first-order chi connectivity index (χ1) is 42.6. The van der Waals surface area contributed by atoms with Crippen molar-refractivity contribution in [1.29, 1.82) is 0 Å². The second-order valence-electron chi connectivity index (χ2n) is 22.7. The van der Waals surface area contributed by atoms with Gasteiger partial charge in [-0.05, 0) is 62.5 Å². The smallest absolute Gasteiger partial charge is 0.256 e. The number of Topliss-reactive ketones (excluding diaryl/α,β-unsaturated/α-hetero) is 1. The van der Waals surface area contributed by atoms with Crippen LogP contribution in [0.15, 0.2) is 48.6 Å². The highest BCUT2D eigenvalue weighted by atomic mass is 16.5. The van der Waals surface area contributed by atoms with Gasteiger partial charge in [0.2, 0.25) is 29.5 Å². The summed E-state index contributed by atoms with van der Waals surface area (Å²) in [5.41, 5.74) is 19.3. The lowest BCUT2D eigenvalue weighted by Gasteiger charge is -2.32. The first-order valence-corrected chi connectivity index (χ1v) is 30.4. The summed E-state index contributed by atoms with van der Waals surface area (Å²) in [7, 11) is 2.86. The molecule has 5 atom stereocenters. The fourth-order valence-corrected chi connectivity index (χ4v) is 10.3. The lowest BCUT2D eigenvalue weighted by atomic mass is 10.0. The number of nitrogens with two attached hydrogens (primary N) is 3. The Kier molecular flexibility index (Phi) is 30.0. The van der Waals surface area contributed by atoms with Crippen molar-refractivity contribution in [2.45, 2.75) is 116 Å². The van der Waals surface area contributed by atoms with Crippen LogP contribution >= 0.6 is 0 Å². The van der Waals surface area contributed by atoms with Crippen molar-refractivity contribution in [1.82, 2.24) is 31.1 Å². The molecule has 11 N–H and O–H groups in total. The van der Waals surface area contributed by atoms with Crippen LogP contribution in [0.1, 0.15) is 106 Å². The number of carbonyl (C=O) groups excluding carboxylic acids is 8. The number of aliphatic hydroxyl groups is 1. The predicted octanol–water partition coefficient (Wildman–Crippen LogP) is 1.75. The molecule has 2 fully saturated rings. The summed E-state index contributed by atoms with van der Waals surface area (Å²) >= 11 is 0. The second-order valence-corrected chi connectivity index (χ2v) is 22.7. The van der Waals surface area contributed by atoms with Crippen molar-refractivity contribution in [2.24, 2.45) is 23.3 Å². The average Bonchev–Trinajstić information content (AvgIpc) is 1.68. The van der Waals surface area contributed by atoms with Crippen LogP contribution in [0.2, 0.25) is 0 Å². The number of aliphatic hydroxyl groups excluding tert-OH is 1. The van der Waals surface area contributed by atoms with Crippen molar-refractivity contribution >= 4 is 58.5 Å². The Morgan fingerprint density at radius 2 is 1.16 bits per heavy atom. The van der Waals surface area contributed by atoms with Crippen LogP contribution in [0, 0.1) is 11.8 Å². The van der Waals surface area contributed by atoms with Gasteiger partial charge >= 0.3 is 0 Å². The standard InChI is InChI=1S/C62H94N10O17/c1-38(2)56(68-53(74)14-20-84-24-26-86-22-16-63)58(77)66-34-43(73)13-12-42-28-40(5)36-70(42)60(79)44-30-49(82-7)51(32-46(44)65)88-18-10-9-11-19-89-52-33-47-45(31-50(52)83-8)61(80)71-37-41(6)29-48(71)62(81)72(47)55(76)35-67-59(78)57(39(3)4)69-54(75)15-21-85-25-27-87-23-17-64/h30-33,38-39,42,48,56-57,62,81H,5-6,9-29,34-37,63-65H2,1-4,7-8H3,(H,66,77)(H,67,78)(H,68,74)(H,69,75)/t42-,48+,56?,57?,62+/m1/s1. The number of rotatable bonds is 40. The third-order valence-electron chi connectivity index (χ3n) is 15.1. The van der Waals surface area contributed by atoms with Gasteiger partial charge < -0.3 is 91.3 Å². The van der Waals surface area contributed by atoms with Gasteiger partial charge in [0.1, 0.15) is 12.1 Å². The molecule has 3 aliphatic heterocycles. The van der Waals surface area contributed by atoms with E-state index in [-0.39, 0.29) is 154 Å². The summed E-state index contributed by atoms with van der Waals surface area (Å²) in [4.78, 5) is 112. The fourth-order valence-electron chi connectivity index (χ4n) is 10.3. The molecule has 27 nitrogen and oxygen atoms in total. The molecule has 2 unspecified atom stereocenters. The number of unbranched alkanes of at least 4 members (excludes halogenated alkanes) is 2. The number of ketones is 1. The number of nitrogen functional groups attached to an aromatic ring is 1. The van der Waals surface area contributed by atoms with Crippen LogP contribution < -0.4 is 62.3 Å². The number of fused-ring (bicyclic) bond motifs is 2. The van der Waals surface area contributed by atoms with Gasteiger partial charge in [-0.3, -0.25) is 43.3 Å². The van der Waals surface area contributed by atoms with Crippen LogP contribution in [0.3, 0.4) is 0 Å². The van der Waals surface area contributed by atoms with Crippen molar-refractivity contribution in [3.8, 4) is 23.0 Å². The molecule has 2 saturated heterocycles. The summed E-state index contributed by atoms with van der Waals surface area (Å²) in [5.74, 6) is -3.34. The number of hydrogen-bond donors (Lipinski definition) is 8. The number of anilines is 2. The van der Waals surface area contributed by atoms with E-state index in [0.717, 1.165) is 10.5 Å². The molecular formula is C62H94N10O17. The topological polar surface area (TPSA) is 367 Å². The SMILES string of the molecule is C=C1C[C@@H](CCC(=O)CNC(=O)C(NC(=O)CCOCCOCCN)C(C)C)N(C(=O)c2cc(OC)c(OCCCCCOc3cc4c(cc3OC)C(=O)N3CC(=C)C[C@H]3[C@H](O)N4C(=O)CNC(=O)C(NC(=O)CCOCCOCCN)C(C)C)cc2N)C1. The Morgan fingerprint density at radius 3 is 1.70 bits per heavy atom. The van der Waals surface area contributed by atoms with E-state index in [1.54, 1.807) is 32.6 Å². The van der Waals surface area contributed by atoms with Crippen molar-refractivity contribution in [2.75, 3.05) is 130 Å². The molecule has 0 spiro atoms. The number of ether oxygens (including phenoxy) is 8. The van der Waals surface area contributed by atoms with E-state index in [4.69, 9.17) is 55.1 Å². The van der Waals surface area contributed by atoms with Crippen molar-refractivity contribution in [3.05, 3.63) is 59.7 Å². The number of nitrogens with one attached hydrogen (secondary N) is 4. The van der Waals surface area contributed by atoms with Gasteiger partial charge in [-0.1, -0.05) is 52.0 Å². The molecule has 0 aromatic heterocycles. The maximum atomic E-state index is 14.3. The van der Waals surface area contributed by atoms with Gasteiger partial charge in [-0.15, -0.1) is 0 Å². The molecule has 27 heteroatoms. The zero-order valence-corrected chi connectivity index (χ0v) is 52.5. The highest BCUT2D eigenvalue weighted by Gasteiger charge is 2.46. The molecule has 494 valence electrons. The Hall–Kier alpha value is -7.40.